The molecule has 2 N–H and O–H groups in total. The molecular weight excluding hydrogens is 288 g/mol. The van der Waals surface area contributed by atoms with Gasteiger partial charge in [-0.2, -0.15) is 0 Å². The summed E-state index contributed by atoms with van der Waals surface area (Å²) in [5.74, 6) is 0.562. The molecule has 0 bridgehead atoms. The van der Waals surface area contributed by atoms with Crippen LogP contribution in [-0.2, 0) is 4.79 Å². The van der Waals surface area contributed by atoms with Crippen molar-refractivity contribution < 1.29 is 15.0 Å². The number of aliphatic hydroxyl groups is 2. The zero-order chi connectivity index (χ0) is 17.0. The van der Waals surface area contributed by atoms with Crippen molar-refractivity contribution in [2.24, 2.45) is 22.7 Å². The fourth-order valence-corrected chi connectivity index (χ4v) is 5.63. The highest BCUT2D eigenvalue weighted by Crippen LogP contribution is 2.62. The number of carbonyl (C=O) groups excluding carboxylic acids is 1. The molecule has 3 rings (SSSR count). The van der Waals surface area contributed by atoms with E-state index in [4.69, 9.17) is 0 Å². The minimum atomic E-state index is -0.473. The first kappa shape index (κ1) is 16.9. The average molecular weight is 318 g/mol. The average Bonchev–Trinajstić information content (AvgIpc) is 2.49. The molecule has 5 unspecified atom stereocenters. The first-order valence-electron chi connectivity index (χ1n) is 8.94. The summed E-state index contributed by atoms with van der Waals surface area (Å²) in [6.07, 6.45) is 5.86. The maximum atomic E-state index is 12.9. The number of hydrogen-bond donors (Lipinski definition) is 2. The monoisotopic (exact) mass is 318 g/mol. The van der Waals surface area contributed by atoms with Gasteiger partial charge in [-0.15, -0.1) is 0 Å². The molecule has 3 aliphatic carbocycles. The maximum absolute atomic E-state index is 12.9. The molecule has 0 aromatic heterocycles. The first-order valence-corrected chi connectivity index (χ1v) is 8.94. The van der Waals surface area contributed by atoms with Crippen molar-refractivity contribution in [3.8, 4) is 0 Å². The molecule has 0 aliphatic heterocycles. The van der Waals surface area contributed by atoms with Crippen LogP contribution < -0.4 is 0 Å². The molecule has 128 valence electrons. The van der Waals surface area contributed by atoms with Gasteiger partial charge in [-0.1, -0.05) is 25.8 Å². The van der Waals surface area contributed by atoms with E-state index in [2.05, 4.69) is 13.8 Å². The van der Waals surface area contributed by atoms with E-state index in [1.54, 1.807) is 0 Å². The number of carbonyl (C=O) groups is 1. The van der Waals surface area contributed by atoms with Crippen molar-refractivity contribution >= 4 is 5.78 Å². The standard InChI is InChI=1S/C20H30O3/c1-12(2)13-8-14-15(9-16(13)22)20(4)7-5-6-19(3,11-21)18(20)10-17(14)23/h8,15-16,18,21-22H,5-7,9-11H2,1-4H3. The van der Waals surface area contributed by atoms with Gasteiger partial charge in [0.2, 0.25) is 0 Å². The van der Waals surface area contributed by atoms with Crippen LogP contribution in [-0.4, -0.2) is 28.7 Å². The van der Waals surface area contributed by atoms with Gasteiger partial charge in [0.05, 0.1) is 6.10 Å². The quantitative estimate of drug-likeness (QED) is 0.779. The molecule has 2 fully saturated rings. The molecule has 3 aliphatic rings. The van der Waals surface area contributed by atoms with E-state index >= 15 is 0 Å². The number of fused-ring (bicyclic) bond motifs is 3. The Kier molecular flexibility index (Phi) is 4.09. The van der Waals surface area contributed by atoms with Crippen molar-refractivity contribution in [3.05, 3.63) is 22.8 Å². The minimum absolute atomic E-state index is 0.00360. The number of hydrogen-bond acceptors (Lipinski definition) is 3. The molecule has 0 radical (unpaired) electrons. The lowest BCUT2D eigenvalue weighted by Gasteiger charge is -2.58. The third kappa shape index (κ3) is 2.44. The summed E-state index contributed by atoms with van der Waals surface area (Å²) in [6, 6.07) is 0. The Labute approximate surface area is 139 Å². The second-order valence-electron chi connectivity index (χ2n) is 8.71. The summed E-state index contributed by atoms with van der Waals surface area (Å²) in [6.45, 7) is 8.57. The molecule has 23 heavy (non-hydrogen) atoms. The van der Waals surface area contributed by atoms with Crippen molar-refractivity contribution in [2.45, 2.75) is 65.9 Å². The molecule has 0 spiro atoms. The van der Waals surface area contributed by atoms with E-state index in [1.165, 1.54) is 0 Å². The molecule has 0 saturated heterocycles. The van der Waals surface area contributed by atoms with Gasteiger partial charge in [0.15, 0.2) is 5.78 Å². The zero-order valence-corrected chi connectivity index (χ0v) is 14.9. The Balaban J connectivity index is 2.08. The van der Waals surface area contributed by atoms with Gasteiger partial charge < -0.3 is 10.2 Å². The highest BCUT2D eigenvalue weighted by Gasteiger charge is 2.57. The summed E-state index contributed by atoms with van der Waals surface area (Å²) in [5.41, 5.74) is 2.77. The Morgan fingerprint density at radius 2 is 2.00 bits per heavy atom. The molecule has 5 atom stereocenters. The first-order chi connectivity index (χ1) is 10.7. The molecule has 0 aromatic carbocycles. The topological polar surface area (TPSA) is 57.5 Å². The van der Waals surface area contributed by atoms with Crippen LogP contribution in [0.15, 0.2) is 22.8 Å². The van der Waals surface area contributed by atoms with E-state index in [-0.39, 0.29) is 35.1 Å². The summed E-state index contributed by atoms with van der Waals surface area (Å²) in [4.78, 5) is 12.9. The molecule has 0 heterocycles. The lowest BCUT2D eigenvalue weighted by atomic mass is 9.45. The van der Waals surface area contributed by atoms with Crippen LogP contribution in [0.1, 0.15) is 59.8 Å². The normalized spacial score (nSPS) is 43.6. The van der Waals surface area contributed by atoms with Crippen LogP contribution in [0.3, 0.4) is 0 Å². The third-order valence-corrected chi connectivity index (χ3v) is 7.05. The maximum Gasteiger partial charge on any atom is 0.159 e. The second kappa shape index (κ2) is 5.56. The number of aliphatic hydroxyl groups excluding tert-OH is 2. The van der Waals surface area contributed by atoms with Crippen molar-refractivity contribution in [2.75, 3.05) is 6.61 Å². The third-order valence-electron chi connectivity index (χ3n) is 7.05. The van der Waals surface area contributed by atoms with E-state index < -0.39 is 6.10 Å². The van der Waals surface area contributed by atoms with Crippen LogP contribution in [0.2, 0.25) is 0 Å². The second-order valence-corrected chi connectivity index (χ2v) is 8.71. The minimum Gasteiger partial charge on any atom is -0.396 e. The Morgan fingerprint density at radius 3 is 2.61 bits per heavy atom. The largest absolute Gasteiger partial charge is 0.396 e. The van der Waals surface area contributed by atoms with E-state index in [9.17, 15) is 15.0 Å². The summed E-state index contributed by atoms with van der Waals surface area (Å²) >= 11 is 0. The van der Waals surface area contributed by atoms with Crippen LogP contribution >= 0.6 is 0 Å². The molecule has 0 amide bonds. The van der Waals surface area contributed by atoms with Crippen LogP contribution in [0, 0.1) is 22.7 Å². The van der Waals surface area contributed by atoms with Gasteiger partial charge in [0.25, 0.3) is 0 Å². The predicted octanol–water partition coefficient (Wildman–Crippen LogP) is 3.41. The number of ketones is 1. The molecule has 3 heteroatoms. The number of rotatable bonds is 1. The SMILES string of the molecule is CC(C)=C1C=C2C(=O)CC3C(C)(CO)CCCC3(C)C2CC1O. The van der Waals surface area contributed by atoms with E-state index in [1.807, 2.05) is 19.9 Å². The van der Waals surface area contributed by atoms with E-state index in [0.29, 0.717) is 12.8 Å². The Bertz CT molecular complexity index is 584. The van der Waals surface area contributed by atoms with Gasteiger partial charge in [-0.3, -0.25) is 4.79 Å². The lowest BCUT2D eigenvalue weighted by Crippen LogP contribution is -2.55. The fourth-order valence-electron chi connectivity index (χ4n) is 5.63. The van der Waals surface area contributed by atoms with Gasteiger partial charge in [-0.25, -0.2) is 0 Å². The summed E-state index contributed by atoms with van der Waals surface area (Å²) in [7, 11) is 0. The summed E-state index contributed by atoms with van der Waals surface area (Å²) < 4.78 is 0. The Hall–Kier alpha value is -0.930. The fraction of sp³-hybridized carbons (Fsp3) is 0.750. The van der Waals surface area contributed by atoms with Crippen LogP contribution in [0.25, 0.3) is 0 Å². The smallest absolute Gasteiger partial charge is 0.159 e. The highest BCUT2D eigenvalue weighted by atomic mass is 16.3. The summed E-state index contributed by atoms with van der Waals surface area (Å²) in [5, 5.41) is 20.6. The van der Waals surface area contributed by atoms with Gasteiger partial charge >= 0.3 is 0 Å². The van der Waals surface area contributed by atoms with Crippen molar-refractivity contribution in [1.82, 2.24) is 0 Å². The predicted molar refractivity (Wildman–Crippen MR) is 90.8 cm³/mol. The lowest BCUT2D eigenvalue weighted by molar-refractivity contribution is -0.136. The van der Waals surface area contributed by atoms with Gasteiger partial charge in [-0.05, 0) is 73.0 Å². The molecular formula is C20H30O3. The van der Waals surface area contributed by atoms with E-state index in [0.717, 1.165) is 36.0 Å². The van der Waals surface area contributed by atoms with Gasteiger partial charge in [0.1, 0.15) is 0 Å². The number of allylic oxidation sites excluding steroid dienone is 2. The molecule has 3 nitrogen and oxygen atoms in total. The number of Topliss-reactive ketones (excluding diaryl/α,β-unsaturated/α-hetero) is 1. The highest BCUT2D eigenvalue weighted by molar-refractivity contribution is 5.98. The van der Waals surface area contributed by atoms with Crippen LogP contribution in [0.4, 0.5) is 0 Å². The molecule has 0 aromatic rings. The zero-order valence-electron chi connectivity index (χ0n) is 14.9. The van der Waals surface area contributed by atoms with Crippen molar-refractivity contribution in [3.63, 3.8) is 0 Å². The molecule has 2 saturated carbocycles. The van der Waals surface area contributed by atoms with Crippen LogP contribution in [0.5, 0.6) is 0 Å². The van der Waals surface area contributed by atoms with Crippen molar-refractivity contribution in [1.29, 1.82) is 0 Å². The Morgan fingerprint density at radius 1 is 1.30 bits per heavy atom. The van der Waals surface area contributed by atoms with Gasteiger partial charge in [0, 0.05) is 13.0 Å².